The largest absolute Gasteiger partial charge is 0.493 e. The van der Waals surface area contributed by atoms with Crippen LogP contribution in [0.15, 0.2) is 46.4 Å². The monoisotopic (exact) mass is 522 g/mol. The normalized spacial score (nSPS) is 15.6. The van der Waals surface area contributed by atoms with Crippen LogP contribution < -0.4 is 14.4 Å². The van der Waals surface area contributed by atoms with Gasteiger partial charge in [-0.05, 0) is 74.1 Å². The van der Waals surface area contributed by atoms with E-state index in [1.54, 1.807) is 43.3 Å². The summed E-state index contributed by atoms with van der Waals surface area (Å²) in [7, 11) is 1.53. The standard InChI is InChI=1S/C22H20BrClN2O4S/c1-4-25-20(27)16(10-13-11-18(29-3)19(30-5-2)12-17(13)23)21(28)26(22(25)31)15-8-6-14(24)7-9-15/h6-12H,4-5H2,1-3H3/b16-10+. The zero-order chi connectivity index (χ0) is 22.7. The molecule has 1 aliphatic rings. The highest BCUT2D eigenvalue weighted by atomic mass is 79.9. The number of thiocarbonyl (C=S) groups is 1. The number of amides is 2. The summed E-state index contributed by atoms with van der Waals surface area (Å²) in [6.07, 6.45) is 1.53. The van der Waals surface area contributed by atoms with Crippen molar-refractivity contribution in [1.29, 1.82) is 0 Å². The highest BCUT2D eigenvalue weighted by Crippen LogP contribution is 2.35. The zero-order valence-electron chi connectivity index (χ0n) is 17.1. The van der Waals surface area contributed by atoms with E-state index in [4.69, 9.17) is 33.3 Å². The minimum atomic E-state index is -0.512. The number of carbonyl (C=O) groups is 2. The number of anilines is 1. The van der Waals surface area contributed by atoms with Gasteiger partial charge in [-0.1, -0.05) is 27.5 Å². The maximum atomic E-state index is 13.4. The fraction of sp³-hybridized carbons (Fsp3) is 0.227. The topological polar surface area (TPSA) is 59.1 Å². The molecule has 0 saturated carbocycles. The number of methoxy groups -OCH3 is 1. The van der Waals surface area contributed by atoms with Crippen LogP contribution in [-0.4, -0.2) is 42.1 Å². The lowest BCUT2D eigenvalue weighted by atomic mass is 10.1. The molecule has 3 rings (SSSR count). The molecule has 9 heteroatoms. The first-order valence-electron chi connectivity index (χ1n) is 9.50. The van der Waals surface area contributed by atoms with Gasteiger partial charge in [0.2, 0.25) is 0 Å². The molecule has 2 amide bonds. The molecule has 0 bridgehead atoms. The Morgan fingerprint density at radius 2 is 1.77 bits per heavy atom. The van der Waals surface area contributed by atoms with Gasteiger partial charge < -0.3 is 9.47 Å². The Morgan fingerprint density at radius 1 is 1.10 bits per heavy atom. The Bertz CT molecular complexity index is 1070. The molecule has 1 fully saturated rings. The van der Waals surface area contributed by atoms with Crippen LogP contribution >= 0.6 is 39.7 Å². The van der Waals surface area contributed by atoms with Crippen LogP contribution in [0.3, 0.4) is 0 Å². The van der Waals surface area contributed by atoms with Gasteiger partial charge in [-0.3, -0.25) is 19.4 Å². The number of halogens is 2. The number of hydrogen-bond donors (Lipinski definition) is 0. The van der Waals surface area contributed by atoms with E-state index in [0.717, 1.165) is 0 Å². The van der Waals surface area contributed by atoms with Crippen molar-refractivity contribution in [3.05, 3.63) is 57.0 Å². The second-order valence-corrected chi connectivity index (χ2v) is 8.12. The van der Waals surface area contributed by atoms with Gasteiger partial charge >= 0.3 is 0 Å². The molecule has 0 N–H and O–H groups in total. The Balaban J connectivity index is 2.11. The van der Waals surface area contributed by atoms with E-state index in [-0.39, 0.29) is 10.7 Å². The quantitative estimate of drug-likeness (QED) is 0.300. The maximum absolute atomic E-state index is 13.4. The first kappa shape index (κ1) is 23.2. The van der Waals surface area contributed by atoms with Gasteiger partial charge in [0.15, 0.2) is 16.6 Å². The third-order valence-corrected chi connectivity index (χ3v) is 5.96. The average molecular weight is 524 g/mol. The van der Waals surface area contributed by atoms with Crippen LogP contribution in [0, 0.1) is 0 Å². The molecule has 162 valence electrons. The van der Waals surface area contributed by atoms with Crippen molar-refractivity contribution in [2.24, 2.45) is 0 Å². The lowest BCUT2D eigenvalue weighted by molar-refractivity contribution is -0.127. The molecule has 1 heterocycles. The van der Waals surface area contributed by atoms with E-state index in [2.05, 4.69) is 15.9 Å². The number of rotatable bonds is 6. The minimum Gasteiger partial charge on any atom is -0.493 e. The number of ether oxygens (including phenoxy) is 2. The minimum absolute atomic E-state index is 0.0164. The SMILES string of the molecule is CCOc1cc(Br)c(/C=C2\C(=O)N(CC)C(=S)N(c3ccc(Cl)cc3)C2=O)cc1OC. The lowest BCUT2D eigenvalue weighted by Crippen LogP contribution is -2.56. The number of hydrogen-bond acceptors (Lipinski definition) is 5. The van der Waals surface area contributed by atoms with E-state index < -0.39 is 11.8 Å². The maximum Gasteiger partial charge on any atom is 0.270 e. The Morgan fingerprint density at radius 3 is 2.35 bits per heavy atom. The summed E-state index contributed by atoms with van der Waals surface area (Å²) in [4.78, 5) is 29.2. The summed E-state index contributed by atoms with van der Waals surface area (Å²) in [5, 5.41) is 0.657. The third-order valence-electron chi connectivity index (χ3n) is 4.61. The number of carbonyl (C=O) groups excluding carboxylic acids is 2. The molecule has 0 aliphatic carbocycles. The fourth-order valence-corrected chi connectivity index (χ4v) is 4.08. The molecule has 1 aliphatic heterocycles. The predicted octanol–water partition coefficient (Wildman–Crippen LogP) is 5.07. The molecule has 2 aromatic rings. The first-order chi connectivity index (χ1) is 14.8. The van der Waals surface area contributed by atoms with E-state index in [0.29, 0.717) is 45.4 Å². The van der Waals surface area contributed by atoms with Crippen molar-refractivity contribution in [1.82, 2.24) is 4.90 Å². The molecule has 0 unspecified atom stereocenters. The summed E-state index contributed by atoms with van der Waals surface area (Å²) < 4.78 is 11.6. The molecule has 0 radical (unpaired) electrons. The molecule has 2 aromatic carbocycles. The Kier molecular flexibility index (Phi) is 7.35. The first-order valence-corrected chi connectivity index (χ1v) is 11.1. The number of nitrogens with zero attached hydrogens (tertiary/aromatic N) is 2. The van der Waals surface area contributed by atoms with Crippen LogP contribution in [0.4, 0.5) is 5.69 Å². The van der Waals surface area contributed by atoms with Crippen LogP contribution in [0.25, 0.3) is 6.08 Å². The van der Waals surface area contributed by atoms with Crippen LogP contribution in [-0.2, 0) is 9.59 Å². The van der Waals surface area contributed by atoms with E-state index in [9.17, 15) is 9.59 Å². The molecule has 1 saturated heterocycles. The summed E-state index contributed by atoms with van der Waals surface area (Å²) in [5.74, 6) is 0.0775. The molecule has 0 atom stereocenters. The fourth-order valence-electron chi connectivity index (χ4n) is 3.12. The summed E-state index contributed by atoms with van der Waals surface area (Å²) >= 11 is 14.9. The summed E-state index contributed by atoms with van der Waals surface area (Å²) in [5.41, 5.74) is 1.11. The van der Waals surface area contributed by atoms with Gasteiger partial charge in [0.1, 0.15) is 5.57 Å². The molecule has 0 aromatic heterocycles. The summed E-state index contributed by atoms with van der Waals surface area (Å²) in [6, 6.07) is 10.1. The number of benzene rings is 2. The molecule has 31 heavy (non-hydrogen) atoms. The smallest absolute Gasteiger partial charge is 0.270 e. The highest BCUT2D eigenvalue weighted by molar-refractivity contribution is 9.10. The highest BCUT2D eigenvalue weighted by Gasteiger charge is 2.39. The van der Waals surface area contributed by atoms with Crippen LogP contribution in [0.5, 0.6) is 11.5 Å². The van der Waals surface area contributed by atoms with Crippen molar-refractivity contribution >= 4 is 68.4 Å². The third kappa shape index (κ3) is 4.61. The zero-order valence-corrected chi connectivity index (χ0v) is 20.3. The van der Waals surface area contributed by atoms with Gasteiger partial charge in [-0.15, -0.1) is 0 Å². The van der Waals surface area contributed by atoms with Gasteiger partial charge in [-0.2, -0.15) is 0 Å². The van der Waals surface area contributed by atoms with Gasteiger partial charge in [0.05, 0.1) is 19.4 Å². The van der Waals surface area contributed by atoms with Crippen molar-refractivity contribution in [3.8, 4) is 11.5 Å². The van der Waals surface area contributed by atoms with E-state index in [1.807, 2.05) is 6.92 Å². The second-order valence-electron chi connectivity index (χ2n) is 6.46. The Labute approximate surface area is 199 Å². The average Bonchev–Trinajstić information content (AvgIpc) is 2.74. The van der Waals surface area contributed by atoms with Gasteiger partial charge in [-0.25, -0.2) is 0 Å². The lowest BCUT2D eigenvalue weighted by Gasteiger charge is -2.36. The van der Waals surface area contributed by atoms with Crippen molar-refractivity contribution < 1.29 is 19.1 Å². The summed E-state index contributed by atoms with van der Waals surface area (Å²) in [6.45, 7) is 4.46. The van der Waals surface area contributed by atoms with Crippen LogP contribution in [0.1, 0.15) is 19.4 Å². The molecular formula is C22H20BrClN2O4S. The Hall–Kier alpha value is -2.42. The van der Waals surface area contributed by atoms with Crippen molar-refractivity contribution in [2.45, 2.75) is 13.8 Å². The molecular weight excluding hydrogens is 504 g/mol. The van der Waals surface area contributed by atoms with Crippen molar-refractivity contribution in [2.75, 3.05) is 25.2 Å². The molecule has 6 nitrogen and oxygen atoms in total. The van der Waals surface area contributed by atoms with E-state index >= 15 is 0 Å². The predicted molar refractivity (Wildman–Crippen MR) is 129 cm³/mol. The van der Waals surface area contributed by atoms with Gasteiger partial charge in [0.25, 0.3) is 11.8 Å². The van der Waals surface area contributed by atoms with Crippen molar-refractivity contribution in [3.63, 3.8) is 0 Å². The second kappa shape index (κ2) is 9.80. The van der Waals surface area contributed by atoms with Gasteiger partial charge in [0, 0.05) is 16.0 Å². The van der Waals surface area contributed by atoms with Crippen LogP contribution in [0.2, 0.25) is 5.02 Å². The van der Waals surface area contributed by atoms with E-state index in [1.165, 1.54) is 23.0 Å². The number of likely N-dealkylation sites (N-methyl/N-ethyl adjacent to an activating group) is 1. The molecule has 0 spiro atoms.